The fourth-order valence-electron chi connectivity index (χ4n) is 3.15. The zero-order chi connectivity index (χ0) is 17.6. The van der Waals surface area contributed by atoms with E-state index in [1.54, 1.807) is 10.7 Å². The van der Waals surface area contributed by atoms with E-state index in [1.165, 1.54) is 6.07 Å². The first-order chi connectivity index (χ1) is 12.0. The van der Waals surface area contributed by atoms with E-state index in [1.807, 2.05) is 31.2 Å². The van der Waals surface area contributed by atoms with Gasteiger partial charge in [0.1, 0.15) is 5.82 Å². The van der Waals surface area contributed by atoms with Crippen LogP contribution in [0.2, 0.25) is 0 Å². The maximum atomic E-state index is 12.3. The number of rotatable bonds is 2. The number of carbonyl (C=O) groups excluding carboxylic acids is 1. The average molecular weight is 400 g/mol. The normalized spacial score (nSPS) is 16.4. The number of nitrogens with one attached hydrogen (secondary N) is 2. The molecule has 25 heavy (non-hydrogen) atoms. The van der Waals surface area contributed by atoms with Gasteiger partial charge in [0.25, 0.3) is 5.56 Å². The topological polar surface area (TPSA) is 92.7 Å². The van der Waals surface area contributed by atoms with Gasteiger partial charge in [0.15, 0.2) is 5.82 Å². The van der Waals surface area contributed by atoms with Crippen LogP contribution in [0.1, 0.15) is 29.2 Å². The van der Waals surface area contributed by atoms with E-state index in [2.05, 4.69) is 36.5 Å². The molecule has 0 aliphatic carbocycles. The molecule has 8 heteroatoms. The molecule has 0 unspecified atom stereocenters. The lowest BCUT2D eigenvalue weighted by Crippen LogP contribution is -2.25. The van der Waals surface area contributed by atoms with Crippen LogP contribution in [0.5, 0.6) is 0 Å². The summed E-state index contributed by atoms with van der Waals surface area (Å²) in [5.74, 6) is 0.890. The molecule has 3 aromatic rings. The Morgan fingerprint density at radius 1 is 1.16 bits per heavy atom. The summed E-state index contributed by atoms with van der Waals surface area (Å²) in [4.78, 5) is 23.5. The molecule has 126 valence electrons. The first kappa shape index (κ1) is 15.8. The summed E-state index contributed by atoms with van der Waals surface area (Å²) in [5.41, 5.74) is 2.54. The minimum absolute atomic E-state index is 0.0756. The molecule has 1 atom stereocenters. The zero-order valence-corrected chi connectivity index (χ0v) is 14.9. The second-order valence-corrected chi connectivity index (χ2v) is 6.81. The number of H-pyrrole nitrogens is 1. The van der Waals surface area contributed by atoms with E-state index in [0.717, 1.165) is 21.3 Å². The van der Waals surface area contributed by atoms with Crippen LogP contribution in [-0.2, 0) is 4.79 Å². The summed E-state index contributed by atoms with van der Waals surface area (Å²) in [7, 11) is 0. The minimum atomic E-state index is -0.293. The third-order valence-electron chi connectivity index (χ3n) is 4.26. The van der Waals surface area contributed by atoms with Crippen molar-refractivity contribution in [2.45, 2.75) is 19.3 Å². The van der Waals surface area contributed by atoms with E-state index >= 15 is 0 Å². The third kappa shape index (κ3) is 2.78. The number of hydrogen-bond donors (Lipinski definition) is 2. The number of aryl methyl sites for hydroxylation is 1. The second kappa shape index (κ2) is 5.96. The van der Waals surface area contributed by atoms with Crippen LogP contribution < -0.4 is 10.9 Å². The Kier molecular flexibility index (Phi) is 3.76. The maximum Gasteiger partial charge on any atom is 0.264 e. The zero-order valence-electron chi connectivity index (χ0n) is 13.3. The number of amides is 1. The van der Waals surface area contributed by atoms with Crippen molar-refractivity contribution in [2.24, 2.45) is 0 Å². The number of fused-ring (bicyclic) bond motifs is 1. The van der Waals surface area contributed by atoms with Crippen molar-refractivity contribution in [1.29, 1.82) is 0 Å². The van der Waals surface area contributed by atoms with Gasteiger partial charge in [-0.15, -0.1) is 0 Å². The lowest BCUT2D eigenvalue weighted by Gasteiger charge is -2.24. The van der Waals surface area contributed by atoms with Gasteiger partial charge in [0, 0.05) is 28.4 Å². The summed E-state index contributed by atoms with van der Waals surface area (Å²) >= 11 is 3.44. The molecule has 0 saturated carbocycles. The number of halogens is 1. The van der Waals surface area contributed by atoms with Crippen LogP contribution >= 0.6 is 15.9 Å². The Bertz CT molecular complexity index is 1000. The lowest BCUT2D eigenvalue weighted by molar-refractivity contribution is -0.116. The van der Waals surface area contributed by atoms with E-state index in [4.69, 9.17) is 0 Å². The first-order valence-electron chi connectivity index (χ1n) is 7.74. The van der Waals surface area contributed by atoms with Gasteiger partial charge in [0.2, 0.25) is 5.91 Å². The molecule has 2 N–H and O–H groups in total. The SMILES string of the molecule is Cc1nn(-c2ccc(=O)[nH]n2)c2c1[C@@H](c1ccc(Br)cc1)CC(=O)N2. The highest BCUT2D eigenvalue weighted by Gasteiger charge is 2.32. The molecule has 0 radical (unpaired) electrons. The Morgan fingerprint density at radius 2 is 1.92 bits per heavy atom. The quantitative estimate of drug-likeness (QED) is 0.692. The van der Waals surface area contributed by atoms with Gasteiger partial charge >= 0.3 is 0 Å². The van der Waals surface area contributed by atoms with Gasteiger partial charge in [0.05, 0.1) is 5.69 Å². The van der Waals surface area contributed by atoms with E-state index < -0.39 is 0 Å². The van der Waals surface area contributed by atoms with Crippen molar-refractivity contribution in [3.05, 3.63) is 68.0 Å². The number of aromatic nitrogens is 4. The highest BCUT2D eigenvalue weighted by atomic mass is 79.9. The Balaban J connectivity index is 1.87. The van der Waals surface area contributed by atoms with E-state index in [-0.39, 0.29) is 17.4 Å². The third-order valence-corrected chi connectivity index (χ3v) is 4.78. The lowest BCUT2D eigenvalue weighted by atomic mass is 9.86. The van der Waals surface area contributed by atoms with Crippen molar-refractivity contribution < 1.29 is 4.79 Å². The number of carbonyl (C=O) groups is 1. The molecule has 1 aliphatic rings. The summed E-state index contributed by atoms with van der Waals surface area (Å²) in [6.45, 7) is 1.91. The van der Waals surface area contributed by atoms with Crippen molar-refractivity contribution in [3.63, 3.8) is 0 Å². The smallest absolute Gasteiger partial charge is 0.264 e. The molecule has 0 fully saturated rings. The Morgan fingerprint density at radius 3 is 2.60 bits per heavy atom. The van der Waals surface area contributed by atoms with Crippen LogP contribution in [0.25, 0.3) is 5.82 Å². The summed E-state index contributed by atoms with van der Waals surface area (Å²) < 4.78 is 2.55. The predicted octanol–water partition coefficient (Wildman–Crippen LogP) is 2.50. The average Bonchev–Trinajstić information content (AvgIpc) is 2.92. The molecule has 3 heterocycles. The monoisotopic (exact) mass is 399 g/mol. The van der Waals surface area contributed by atoms with Gasteiger partial charge in [-0.2, -0.15) is 14.9 Å². The standard InChI is InChI=1S/C17H14BrN5O2/c1-9-16-12(10-2-4-11(18)5-3-10)8-15(25)19-17(16)23(22-9)13-6-7-14(24)21-20-13/h2-7,12H,8H2,1H3,(H,19,25)(H,21,24)/t12-/m1/s1. The molecule has 1 amide bonds. The largest absolute Gasteiger partial charge is 0.310 e. The van der Waals surface area contributed by atoms with Crippen LogP contribution in [0.15, 0.2) is 45.7 Å². The second-order valence-electron chi connectivity index (χ2n) is 5.90. The van der Waals surface area contributed by atoms with Crippen molar-refractivity contribution in [2.75, 3.05) is 5.32 Å². The molecular weight excluding hydrogens is 386 g/mol. The summed E-state index contributed by atoms with van der Waals surface area (Å²) in [6.07, 6.45) is 0.361. The fourth-order valence-corrected chi connectivity index (χ4v) is 3.41. The van der Waals surface area contributed by atoms with Crippen LogP contribution in [-0.4, -0.2) is 25.9 Å². The molecular formula is C17H14BrN5O2. The number of aromatic amines is 1. The van der Waals surface area contributed by atoms with E-state index in [9.17, 15) is 9.59 Å². The molecule has 2 aromatic heterocycles. The van der Waals surface area contributed by atoms with Gasteiger partial charge in [-0.25, -0.2) is 5.10 Å². The molecule has 4 rings (SSSR count). The van der Waals surface area contributed by atoms with E-state index in [0.29, 0.717) is 18.1 Å². The van der Waals surface area contributed by atoms with Crippen molar-refractivity contribution >= 4 is 27.7 Å². The molecule has 1 aliphatic heterocycles. The van der Waals surface area contributed by atoms with Gasteiger partial charge in [-0.1, -0.05) is 28.1 Å². The first-order valence-corrected chi connectivity index (χ1v) is 8.53. The fraction of sp³-hybridized carbons (Fsp3) is 0.176. The van der Waals surface area contributed by atoms with Crippen LogP contribution in [0.4, 0.5) is 5.82 Å². The number of anilines is 1. The Labute approximate surface area is 151 Å². The number of nitrogens with zero attached hydrogens (tertiary/aromatic N) is 3. The molecule has 0 spiro atoms. The summed E-state index contributed by atoms with van der Waals surface area (Å²) in [5, 5.41) is 13.8. The predicted molar refractivity (Wildman–Crippen MR) is 95.9 cm³/mol. The van der Waals surface area contributed by atoms with Gasteiger partial charge < -0.3 is 5.32 Å². The van der Waals surface area contributed by atoms with Gasteiger partial charge in [-0.3, -0.25) is 9.59 Å². The maximum absolute atomic E-state index is 12.3. The highest BCUT2D eigenvalue weighted by Crippen LogP contribution is 2.40. The minimum Gasteiger partial charge on any atom is -0.310 e. The molecule has 0 bridgehead atoms. The van der Waals surface area contributed by atoms with Crippen molar-refractivity contribution in [1.82, 2.24) is 20.0 Å². The summed E-state index contributed by atoms with van der Waals surface area (Å²) in [6, 6.07) is 10.9. The molecule has 7 nitrogen and oxygen atoms in total. The number of benzene rings is 1. The Hall–Kier alpha value is -2.74. The number of hydrogen-bond acceptors (Lipinski definition) is 4. The van der Waals surface area contributed by atoms with Crippen LogP contribution in [0.3, 0.4) is 0 Å². The highest BCUT2D eigenvalue weighted by molar-refractivity contribution is 9.10. The molecule has 0 saturated heterocycles. The van der Waals surface area contributed by atoms with Crippen LogP contribution in [0, 0.1) is 6.92 Å². The van der Waals surface area contributed by atoms with Crippen molar-refractivity contribution in [3.8, 4) is 5.82 Å². The van der Waals surface area contributed by atoms with Gasteiger partial charge in [-0.05, 0) is 30.7 Å². The molecule has 1 aromatic carbocycles.